The molecule has 1 saturated heterocycles. The Balaban J connectivity index is 1.59. The number of piperidine rings is 1. The van der Waals surface area contributed by atoms with Crippen LogP contribution in [-0.4, -0.2) is 46.3 Å². The molecular weight excluding hydrogens is 362 g/mol. The van der Waals surface area contributed by atoms with Crippen molar-refractivity contribution in [2.24, 2.45) is 0 Å². The molecular formula is C20H22ClN5O. The van der Waals surface area contributed by atoms with Gasteiger partial charge in [-0.3, -0.25) is 5.10 Å². The van der Waals surface area contributed by atoms with Gasteiger partial charge in [-0.2, -0.15) is 5.10 Å². The molecule has 2 aromatic carbocycles. The molecule has 6 nitrogen and oxygen atoms in total. The highest BCUT2D eigenvalue weighted by molar-refractivity contribution is 6.33. The minimum Gasteiger partial charge on any atom is -0.490 e. The summed E-state index contributed by atoms with van der Waals surface area (Å²) >= 11 is 6.00. The number of hydrogen-bond acceptors (Lipinski definition) is 5. The molecule has 7 heteroatoms. The zero-order valence-electron chi connectivity index (χ0n) is 15.2. The fourth-order valence-electron chi connectivity index (χ4n) is 3.24. The number of aromatic nitrogens is 3. The summed E-state index contributed by atoms with van der Waals surface area (Å²) in [5, 5.41) is 7.87. The van der Waals surface area contributed by atoms with Crippen molar-refractivity contribution in [3.05, 3.63) is 47.5 Å². The van der Waals surface area contributed by atoms with Crippen LogP contribution in [0.25, 0.3) is 22.8 Å². The number of anilines is 1. The predicted molar refractivity (Wildman–Crippen MR) is 108 cm³/mol. The molecule has 2 heterocycles. The van der Waals surface area contributed by atoms with E-state index in [1.807, 2.05) is 30.3 Å². The SMILES string of the molecule is CN1CCC(Oc2ccccc2-c2nc(-c3ccc(Cl)c(N)c3)n[nH]2)CC1. The van der Waals surface area contributed by atoms with E-state index in [1.54, 1.807) is 12.1 Å². The third-order valence-corrected chi connectivity index (χ3v) is 5.19. The fraction of sp³-hybridized carbons (Fsp3) is 0.300. The third kappa shape index (κ3) is 3.91. The second-order valence-electron chi connectivity index (χ2n) is 6.86. The van der Waals surface area contributed by atoms with E-state index in [0.717, 1.165) is 42.8 Å². The van der Waals surface area contributed by atoms with Crippen molar-refractivity contribution in [2.75, 3.05) is 25.9 Å². The minimum absolute atomic E-state index is 0.223. The van der Waals surface area contributed by atoms with Gasteiger partial charge in [0.1, 0.15) is 11.9 Å². The van der Waals surface area contributed by atoms with E-state index in [2.05, 4.69) is 27.1 Å². The number of aromatic amines is 1. The topological polar surface area (TPSA) is 80.1 Å². The summed E-state index contributed by atoms with van der Waals surface area (Å²) in [5.41, 5.74) is 8.11. The van der Waals surface area contributed by atoms with Gasteiger partial charge in [-0.15, -0.1) is 0 Å². The predicted octanol–water partition coefficient (Wildman–Crippen LogP) is 3.85. The van der Waals surface area contributed by atoms with Gasteiger partial charge in [-0.05, 0) is 50.2 Å². The molecule has 0 amide bonds. The van der Waals surface area contributed by atoms with Crippen LogP contribution >= 0.6 is 11.6 Å². The van der Waals surface area contributed by atoms with Crippen molar-refractivity contribution < 1.29 is 4.74 Å². The van der Waals surface area contributed by atoms with Crippen LogP contribution in [0.1, 0.15) is 12.8 Å². The van der Waals surface area contributed by atoms with Gasteiger partial charge in [-0.1, -0.05) is 23.7 Å². The summed E-state index contributed by atoms with van der Waals surface area (Å²) in [7, 11) is 2.14. The number of benzene rings is 2. The lowest BCUT2D eigenvalue weighted by Gasteiger charge is -2.29. The van der Waals surface area contributed by atoms with Gasteiger partial charge in [-0.25, -0.2) is 4.98 Å². The standard InChI is InChI=1S/C20H22ClN5O/c1-26-10-8-14(9-11-26)27-18-5-3-2-4-15(18)20-23-19(24-25-20)13-6-7-16(21)17(22)12-13/h2-7,12,14H,8-11,22H2,1H3,(H,23,24,25). The molecule has 4 rings (SSSR count). The maximum atomic E-state index is 6.29. The van der Waals surface area contributed by atoms with Crippen molar-refractivity contribution in [3.63, 3.8) is 0 Å². The largest absolute Gasteiger partial charge is 0.490 e. The van der Waals surface area contributed by atoms with Crippen LogP contribution < -0.4 is 10.5 Å². The molecule has 3 aromatic rings. The number of para-hydroxylation sites is 1. The molecule has 0 bridgehead atoms. The van der Waals surface area contributed by atoms with Gasteiger partial charge >= 0.3 is 0 Å². The molecule has 140 valence electrons. The molecule has 0 unspecified atom stereocenters. The molecule has 1 aromatic heterocycles. The number of likely N-dealkylation sites (tertiary alicyclic amines) is 1. The minimum atomic E-state index is 0.223. The van der Waals surface area contributed by atoms with Gasteiger partial charge in [0.05, 0.1) is 16.3 Å². The lowest BCUT2D eigenvalue weighted by atomic mass is 10.1. The summed E-state index contributed by atoms with van der Waals surface area (Å²) < 4.78 is 6.29. The van der Waals surface area contributed by atoms with Crippen molar-refractivity contribution in [1.82, 2.24) is 20.1 Å². The maximum Gasteiger partial charge on any atom is 0.181 e. The number of nitrogens with two attached hydrogens (primary N) is 1. The van der Waals surface area contributed by atoms with Crippen molar-refractivity contribution in [2.45, 2.75) is 18.9 Å². The molecule has 0 saturated carbocycles. The first kappa shape index (κ1) is 17.8. The van der Waals surface area contributed by atoms with Crippen molar-refractivity contribution >= 4 is 17.3 Å². The second kappa shape index (κ2) is 7.58. The van der Waals surface area contributed by atoms with Gasteiger partial charge in [0.25, 0.3) is 0 Å². The lowest BCUT2D eigenvalue weighted by Crippen LogP contribution is -2.35. The number of H-pyrrole nitrogens is 1. The summed E-state index contributed by atoms with van der Waals surface area (Å²) in [4.78, 5) is 6.96. The molecule has 1 fully saturated rings. The average Bonchev–Trinajstić information content (AvgIpc) is 3.16. The van der Waals surface area contributed by atoms with Crippen LogP contribution in [-0.2, 0) is 0 Å². The van der Waals surface area contributed by atoms with E-state index in [9.17, 15) is 0 Å². The number of nitrogens with one attached hydrogen (secondary N) is 1. The molecule has 3 N–H and O–H groups in total. The van der Waals surface area contributed by atoms with Crippen molar-refractivity contribution in [1.29, 1.82) is 0 Å². The lowest BCUT2D eigenvalue weighted by molar-refractivity contribution is 0.115. The highest BCUT2D eigenvalue weighted by Crippen LogP contribution is 2.31. The Hall–Kier alpha value is -2.57. The van der Waals surface area contributed by atoms with Gasteiger partial charge < -0.3 is 15.4 Å². The zero-order chi connectivity index (χ0) is 18.8. The van der Waals surface area contributed by atoms with E-state index < -0.39 is 0 Å². The summed E-state index contributed by atoms with van der Waals surface area (Å²) in [6.45, 7) is 2.11. The Kier molecular flexibility index (Phi) is 5.01. The molecule has 27 heavy (non-hydrogen) atoms. The smallest absolute Gasteiger partial charge is 0.181 e. The molecule has 1 aliphatic rings. The Morgan fingerprint density at radius 2 is 1.96 bits per heavy atom. The molecule has 0 spiro atoms. The highest BCUT2D eigenvalue weighted by Gasteiger charge is 2.20. The van der Waals surface area contributed by atoms with Crippen LogP contribution in [0.2, 0.25) is 5.02 Å². The quantitative estimate of drug-likeness (QED) is 0.669. The van der Waals surface area contributed by atoms with Crippen LogP contribution in [0.4, 0.5) is 5.69 Å². The summed E-state index contributed by atoms with van der Waals surface area (Å²) in [6.07, 6.45) is 2.27. The maximum absolute atomic E-state index is 6.29. The van der Waals surface area contributed by atoms with Gasteiger partial charge in [0.15, 0.2) is 11.6 Å². The Morgan fingerprint density at radius 1 is 1.19 bits per heavy atom. The van der Waals surface area contributed by atoms with Gasteiger partial charge in [0, 0.05) is 18.7 Å². The van der Waals surface area contributed by atoms with E-state index in [1.165, 1.54) is 0 Å². The van der Waals surface area contributed by atoms with E-state index >= 15 is 0 Å². The monoisotopic (exact) mass is 383 g/mol. The van der Waals surface area contributed by atoms with E-state index in [-0.39, 0.29) is 6.10 Å². The van der Waals surface area contributed by atoms with E-state index in [4.69, 9.17) is 22.1 Å². The molecule has 1 aliphatic heterocycles. The number of nitrogen functional groups attached to an aromatic ring is 1. The van der Waals surface area contributed by atoms with E-state index in [0.29, 0.717) is 22.4 Å². The van der Waals surface area contributed by atoms with Gasteiger partial charge in [0.2, 0.25) is 0 Å². The number of halogens is 1. The summed E-state index contributed by atoms with van der Waals surface area (Å²) in [5.74, 6) is 2.06. The van der Waals surface area contributed by atoms with Crippen LogP contribution in [0.15, 0.2) is 42.5 Å². The summed E-state index contributed by atoms with van der Waals surface area (Å²) in [6, 6.07) is 13.3. The zero-order valence-corrected chi connectivity index (χ0v) is 15.9. The second-order valence-corrected chi connectivity index (χ2v) is 7.27. The van der Waals surface area contributed by atoms with Crippen LogP contribution in [0.3, 0.4) is 0 Å². The number of nitrogens with zero attached hydrogens (tertiary/aromatic N) is 3. The number of hydrogen-bond donors (Lipinski definition) is 2. The first-order valence-electron chi connectivity index (χ1n) is 9.02. The first-order valence-corrected chi connectivity index (χ1v) is 9.40. The fourth-order valence-corrected chi connectivity index (χ4v) is 3.36. The van der Waals surface area contributed by atoms with Crippen molar-refractivity contribution in [3.8, 4) is 28.5 Å². The first-order chi connectivity index (χ1) is 13.1. The van der Waals surface area contributed by atoms with Crippen LogP contribution in [0, 0.1) is 0 Å². The molecule has 0 aliphatic carbocycles. The number of rotatable bonds is 4. The normalized spacial score (nSPS) is 15.8. The van der Waals surface area contributed by atoms with Crippen LogP contribution in [0.5, 0.6) is 5.75 Å². The Morgan fingerprint density at radius 3 is 2.74 bits per heavy atom. The Labute approximate surface area is 163 Å². The Bertz CT molecular complexity index is 934. The molecule has 0 atom stereocenters. The third-order valence-electron chi connectivity index (χ3n) is 4.84. The number of ether oxygens (including phenoxy) is 1. The highest BCUT2D eigenvalue weighted by atomic mass is 35.5. The molecule has 0 radical (unpaired) electrons. The average molecular weight is 384 g/mol.